The zero-order valence-electron chi connectivity index (χ0n) is 11.8. The maximum absolute atomic E-state index is 12.4. The second-order valence-corrected chi connectivity index (χ2v) is 6.75. The number of halogens is 1. The lowest BCUT2D eigenvalue weighted by atomic mass is 10.1. The van der Waals surface area contributed by atoms with Gasteiger partial charge in [-0.25, -0.2) is 18.1 Å². The smallest absolute Gasteiger partial charge is 0.241 e. The Balaban J connectivity index is 2.30. The highest BCUT2D eigenvalue weighted by Crippen LogP contribution is 2.24. The van der Waals surface area contributed by atoms with E-state index < -0.39 is 10.0 Å². The van der Waals surface area contributed by atoms with E-state index in [1.165, 1.54) is 6.07 Å². The van der Waals surface area contributed by atoms with E-state index in [9.17, 15) is 8.42 Å². The highest BCUT2D eigenvalue weighted by molar-refractivity contribution is 7.89. The maximum Gasteiger partial charge on any atom is 0.241 e. The number of rotatable bonds is 6. The Labute approximate surface area is 129 Å². The van der Waals surface area contributed by atoms with E-state index in [1.54, 1.807) is 32.4 Å². The second-order valence-electron chi connectivity index (χ2n) is 4.58. The third-order valence-electron chi connectivity index (χ3n) is 3.07. The first-order valence-corrected chi connectivity index (χ1v) is 8.21. The molecule has 0 saturated carbocycles. The topological polar surface area (TPSA) is 86.9 Å². The van der Waals surface area contributed by atoms with Gasteiger partial charge < -0.3 is 10.3 Å². The van der Waals surface area contributed by atoms with Crippen LogP contribution in [0, 0.1) is 6.92 Å². The van der Waals surface area contributed by atoms with Crippen molar-refractivity contribution in [3.05, 3.63) is 46.5 Å². The Morgan fingerprint density at radius 1 is 1.33 bits per heavy atom. The van der Waals surface area contributed by atoms with E-state index in [4.69, 9.17) is 11.6 Å². The number of H-pyrrole nitrogens is 1. The van der Waals surface area contributed by atoms with Crippen LogP contribution in [0.5, 0.6) is 0 Å². The molecule has 0 aliphatic carbocycles. The molecular weight excluding hydrogens is 312 g/mol. The van der Waals surface area contributed by atoms with Crippen LogP contribution in [0.3, 0.4) is 0 Å². The largest absolute Gasteiger partial charge is 0.347 e. The van der Waals surface area contributed by atoms with E-state index in [0.717, 1.165) is 5.56 Å². The van der Waals surface area contributed by atoms with Gasteiger partial charge in [-0.2, -0.15) is 0 Å². The van der Waals surface area contributed by atoms with Gasteiger partial charge in [-0.05, 0) is 37.2 Å². The summed E-state index contributed by atoms with van der Waals surface area (Å²) in [5.74, 6) is 0.550. The molecule has 0 unspecified atom stereocenters. The number of imidazole rings is 1. The summed E-state index contributed by atoms with van der Waals surface area (Å²) >= 11 is 6.02. The van der Waals surface area contributed by atoms with Gasteiger partial charge in [0, 0.05) is 24.0 Å². The standard InChI is InChI=1S/C13H17ClN4O2S/c1-9-10(7-15-2)5-11(14)6-12(9)21(19,20)18-8-13-16-3-4-17-13/h3-6,15,18H,7-8H2,1-2H3,(H,16,17). The van der Waals surface area contributed by atoms with Gasteiger partial charge in [0.15, 0.2) is 0 Å². The molecule has 6 nitrogen and oxygen atoms in total. The van der Waals surface area contributed by atoms with Crippen LogP contribution in [0.2, 0.25) is 5.02 Å². The molecule has 0 bridgehead atoms. The third kappa shape index (κ3) is 3.82. The molecule has 0 saturated heterocycles. The molecule has 2 rings (SSSR count). The molecule has 0 spiro atoms. The first-order chi connectivity index (χ1) is 9.94. The van der Waals surface area contributed by atoms with Crippen LogP contribution in [0.1, 0.15) is 17.0 Å². The zero-order valence-corrected chi connectivity index (χ0v) is 13.3. The number of hydrogen-bond acceptors (Lipinski definition) is 4. The van der Waals surface area contributed by atoms with E-state index in [2.05, 4.69) is 20.0 Å². The Morgan fingerprint density at radius 2 is 2.10 bits per heavy atom. The van der Waals surface area contributed by atoms with Crippen molar-refractivity contribution in [1.82, 2.24) is 20.0 Å². The Bertz CT molecular complexity index is 714. The normalized spacial score (nSPS) is 11.8. The Morgan fingerprint density at radius 3 is 2.71 bits per heavy atom. The minimum Gasteiger partial charge on any atom is -0.347 e. The van der Waals surface area contributed by atoms with Gasteiger partial charge in [0.2, 0.25) is 10.0 Å². The summed E-state index contributed by atoms with van der Waals surface area (Å²) in [6.07, 6.45) is 3.21. The monoisotopic (exact) mass is 328 g/mol. The summed E-state index contributed by atoms with van der Waals surface area (Å²) in [6, 6.07) is 3.22. The molecule has 3 N–H and O–H groups in total. The molecule has 21 heavy (non-hydrogen) atoms. The average Bonchev–Trinajstić information content (AvgIpc) is 2.94. The van der Waals surface area contributed by atoms with Crippen molar-refractivity contribution in [1.29, 1.82) is 0 Å². The molecule has 1 aromatic heterocycles. The van der Waals surface area contributed by atoms with Gasteiger partial charge in [0.1, 0.15) is 5.82 Å². The molecule has 0 fully saturated rings. The lowest BCUT2D eigenvalue weighted by Gasteiger charge is -2.13. The van der Waals surface area contributed by atoms with E-state index in [-0.39, 0.29) is 11.4 Å². The summed E-state index contributed by atoms with van der Waals surface area (Å²) in [4.78, 5) is 7.01. The van der Waals surface area contributed by atoms with E-state index in [1.807, 2.05) is 0 Å². The quantitative estimate of drug-likeness (QED) is 0.751. The van der Waals surface area contributed by atoms with Crippen molar-refractivity contribution < 1.29 is 8.42 Å². The molecule has 0 radical (unpaired) electrons. The molecule has 114 valence electrons. The first kappa shape index (κ1) is 16.0. The highest BCUT2D eigenvalue weighted by atomic mass is 35.5. The van der Waals surface area contributed by atoms with Gasteiger partial charge in [-0.15, -0.1) is 0 Å². The van der Waals surface area contributed by atoms with Gasteiger partial charge in [-0.3, -0.25) is 0 Å². The number of aromatic nitrogens is 2. The predicted molar refractivity (Wildman–Crippen MR) is 81.6 cm³/mol. The summed E-state index contributed by atoms with van der Waals surface area (Å²) < 4.78 is 27.4. The molecule has 0 aliphatic heterocycles. The van der Waals surface area contributed by atoms with Crippen LogP contribution >= 0.6 is 11.6 Å². The fourth-order valence-electron chi connectivity index (χ4n) is 2.00. The number of benzene rings is 1. The van der Waals surface area contributed by atoms with Crippen molar-refractivity contribution in [2.45, 2.75) is 24.9 Å². The van der Waals surface area contributed by atoms with Crippen LogP contribution in [-0.4, -0.2) is 25.4 Å². The van der Waals surface area contributed by atoms with Crippen LogP contribution in [0.25, 0.3) is 0 Å². The summed E-state index contributed by atoms with van der Waals surface area (Å²) in [5.41, 5.74) is 1.53. The second kappa shape index (κ2) is 6.57. The summed E-state index contributed by atoms with van der Waals surface area (Å²) in [5, 5.41) is 3.39. The molecule has 8 heteroatoms. The maximum atomic E-state index is 12.4. The zero-order chi connectivity index (χ0) is 15.5. The van der Waals surface area contributed by atoms with Crippen molar-refractivity contribution in [2.24, 2.45) is 0 Å². The van der Waals surface area contributed by atoms with Crippen LogP contribution in [0.15, 0.2) is 29.4 Å². The number of nitrogens with zero attached hydrogens (tertiary/aromatic N) is 1. The Hall–Kier alpha value is -1.41. The molecule has 0 atom stereocenters. The average molecular weight is 329 g/mol. The number of aromatic amines is 1. The SMILES string of the molecule is CNCc1cc(Cl)cc(S(=O)(=O)NCc2ncc[nH]2)c1C. The molecule has 2 aromatic rings. The van der Waals surface area contributed by atoms with Gasteiger partial charge in [-0.1, -0.05) is 11.6 Å². The van der Waals surface area contributed by atoms with Gasteiger partial charge in [0.25, 0.3) is 0 Å². The molecule has 0 amide bonds. The Kier molecular flexibility index (Phi) is 5.00. The third-order valence-corrected chi connectivity index (χ3v) is 4.82. The predicted octanol–water partition coefficient (Wildman–Crippen LogP) is 1.57. The molecular formula is C13H17ClN4O2S. The lowest BCUT2D eigenvalue weighted by molar-refractivity contribution is 0.578. The minimum absolute atomic E-state index is 0.0998. The summed E-state index contributed by atoms with van der Waals surface area (Å²) in [7, 11) is -1.86. The molecule has 0 aliphatic rings. The fourth-order valence-corrected chi connectivity index (χ4v) is 3.60. The number of sulfonamides is 1. The van der Waals surface area contributed by atoms with Gasteiger partial charge in [0.05, 0.1) is 11.4 Å². The van der Waals surface area contributed by atoms with Crippen LogP contribution in [0.4, 0.5) is 0 Å². The number of hydrogen-bond donors (Lipinski definition) is 3. The molecule has 1 aromatic carbocycles. The highest BCUT2D eigenvalue weighted by Gasteiger charge is 2.19. The van der Waals surface area contributed by atoms with Crippen LogP contribution < -0.4 is 10.0 Å². The van der Waals surface area contributed by atoms with Crippen LogP contribution in [-0.2, 0) is 23.1 Å². The minimum atomic E-state index is -3.65. The number of nitrogens with one attached hydrogen (secondary N) is 3. The van der Waals surface area contributed by atoms with Crippen molar-refractivity contribution in [3.63, 3.8) is 0 Å². The summed E-state index contributed by atoms with van der Waals surface area (Å²) in [6.45, 7) is 2.42. The van der Waals surface area contributed by atoms with Gasteiger partial charge >= 0.3 is 0 Å². The fraction of sp³-hybridized carbons (Fsp3) is 0.308. The first-order valence-electron chi connectivity index (χ1n) is 6.35. The lowest BCUT2D eigenvalue weighted by Crippen LogP contribution is -2.25. The van der Waals surface area contributed by atoms with Crippen molar-refractivity contribution in [2.75, 3.05) is 7.05 Å². The van der Waals surface area contributed by atoms with Crippen molar-refractivity contribution >= 4 is 21.6 Å². The van der Waals surface area contributed by atoms with E-state index >= 15 is 0 Å². The molecule has 1 heterocycles. The van der Waals surface area contributed by atoms with E-state index in [0.29, 0.717) is 23.0 Å². The van der Waals surface area contributed by atoms with Crippen molar-refractivity contribution in [3.8, 4) is 0 Å².